The van der Waals surface area contributed by atoms with Crippen LogP contribution < -0.4 is 14.8 Å². The average Bonchev–Trinajstić information content (AvgIpc) is 2.77. The Bertz CT molecular complexity index is 1030. The van der Waals surface area contributed by atoms with Gasteiger partial charge in [0.05, 0.1) is 19.3 Å². The van der Waals surface area contributed by atoms with E-state index in [4.69, 9.17) is 14.2 Å². The Balaban J connectivity index is 1.76. The van der Waals surface area contributed by atoms with Crippen molar-refractivity contribution in [2.75, 3.05) is 19.0 Å². The number of hydrogen-bond acceptors (Lipinski definition) is 5. The topological polar surface area (TPSA) is 56.8 Å². The second kappa shape index (κ2) is 10.9. The van der Waals surface area contributed by atoms with Crippen LogP contribution in [0.2, 0.25) is 0 Å². The van der Waals surface area contributed by atoms with Crippen LogP contribution in [0.5, 0.6) is 11.5 Å². The predicted molar refractivity (Wildman–Crippen MR) is 126 cm³/mol. The lowest BCUT2D eigenvalue weighted by Gasteiger charge is -2.18. The quantitative estimate of drug-likeness (QED) is 0.370. The molecular formula is C25H26BrNO4. The van der Waals surface area contributed by atoms with E-state index in [0.29, 0.717) is 36.8 Å². The number of halogens is 1. The minimum atomic E-state index is -0.323. The molecule has 0 atom stereocenters. The number of benzene rings is 3. The Morgan fingerprint density at radius 2 is 1.84 bits per heavy atom. The lowest BCUT2D eigenvalue weighted by atomic mass is 10.1. The fourth-order valence-electron chi connectivity index (χ4n) is 3.15. The number of carbonyl (C=O) groups excluding carboxylic acids is 1. The molecule has 0 aliphatic heterocycles. The highest BCUT2D eigenvalue weighted by Crippen LogP contribution is 2.37. The fraction of sp³-hybridized carbons (Fsp3) is 0.240. The summed E-state index contributed by atoms with van der Waals surface area (Å²) in [5.74, 6) is 1.04. The van der Waals surface area contributed by atoms with Gasteiger partial charge in [-0.1, -0.05) is 45.8 Å². The number of aryl methyl sites for hydroxylation is 1. The largest absolute Gasteiger partial charge is 0.493 e. The van der Waals surface area contributed by atoms with Gasteiger partial charge < -0.3 is 19.5 Å². The van der Waals surface area contributed by atoms with Crippen molar-refractivity contribution in [1.82, 2.24) is 0 Å². The van der Waals surface area contributed by atoms with Crippen molar-refractivity contribution in [2.45, 2.75) is 27.0 Å². The van der Waals surface area contributed by atoms with Crippen molar-refractivity contribution >= 4 is 27.6 Å². The molecule has 0 aliphatic rings. The van der Waals surface area contributed by atoms with Crippen LogP contribution in [-0.4, -0.2) is 19.7 Å². The molecule has 0 unspecified atom stereocenters. The molecule has 31 heavy (non-hydrogen) atoms. The zero-order valence-corrected chi connectivity index (χ0v) is 19.5. The summed E-state index contributed by atoms with van der Waals surface area (Å²) >= 11 is 3.63. The Hall–Kier alpha value is -2.99. The predicted octanol–water partition coefficient (Wildman–Crippen LogP) is 6.13. The smallest absolute Gasteiger partial charge is 0.338 e. The molecule has 0 amide bonds. The summed E-state index contributed by atoms with van der Waals surface area (Å²) in [7, 11) is 1.63. The molecule has 0 saturated carbocycles. The first-order valence-electron chi connectivity index (χ1n) is 10.1. The number of hydrogen-bond donors (Lipinski definition) is 1. The third-order valence-electron chi connectivity index (χ3n) is 4.72. The van der Waals surface area contributed by atoms with Gasteiger partial charge in [-0.05, 0) is 55.8 Å². The maximum atomic E-state index is 11.8. The lowest BCUT2D eigenvalue weighted by Crippen LogP contribution is -2.07. The van der Waals surface area contributed by atoms with Crippen molar-refractivity contribution in [2.24, 2.45) is 0 Å². The third-order valence-corrected chi connectivity index (χ3v) is 5.46. The Labute approximate surface area is 191 Å². The zero-order valence-electron chi connectivity index (χ0n) is 17.9. The van der Waals surface area contributed by atoms with Gasteiger partial charge in [0.25, 0.3) is 0 Å². The van der Waals surface area contributed by atoms with Gasteiger partial charge in [-0.3, -0.25) is 0 Å². The summed E-state index contributed by atoms with van der Waals surface area (Å²) in [5.41, 5.74) is 4.64. The first-order chi connectivity index (χ1) is 15.0. The van der Waals surface area contributed by atoms with Gasteiger partial charge in [-0.15, -0.1) is 0 Å². The SMILES string of the molecule is CCOC(=O)c1ccc(NCc2c(Br)ccc(OC)c2OCc2cccc(C)c2)cc1. The molecule has 0 spiro atoms. The van der Waals surface area contributed by atoms with Crippen molar-refractivity contribution in [3.8, 4) is 11.5 Å². The molecule has 0 bridgehead atoms. The fourth-order valence-corrected chi connectivity index (χ4v) is 3.60. The Morgan fingerprint density at radius 1 is 1.06 bits per heavy atom. The number of methoxy groups -OCH3 is 1. The summed E-state index contributed by atoms with van der Waals surface area (Å²) in [6.45, 7) is 5.16. The van der Waals surface area contributed by atoms with Crippen LogP contribution in [0.4, 0.5) is 5.69 Å². The molecule has 3 aromatic rings. The summed E-state index contributed by atoms with van der Waals surface area (Å²) in [6.07, 6.45) is 0. The van der Waals surface area contributed by atoms with E-state index in [1.54, 1.807) is 26.2 Å². The van der Waals surface area contributed by atoms with Gasteiger partial charge in [0.2, 0.25) is 0 Å². The van der Waals surface area contributed by atoms with Crippen LogP contribution in [0.15, 0.2) is 65.1 Å². The average molecular weight is 484 g/mol. The maximum absolute atomic E-state index is 11.8. The molecule has 3 aromatic carbocycles. The van der Waals surface area contributed by atoms with E-state index >= 15 is 0 Å². The number of ether oxygens (including phenoxy) is 3. The van der Waals surface area contributed by atoms with E-state index in [1.165, 1.54) is 5.56 Å². The Morgan fingerprint density at radius 3 is 2.52 bits per heavy atom. The second-order valence-corrected chi connectivity index (χ2v) is 7.84. The van der Waals surface area contributed by atoms with E-state index in [1.807, 2.05) is 36.4 Å². The number of nitrogens with one attached hydrogen (secondary N) is 1. The minimum Gasteiger partial charge on any atom is -0.493 e. The zero-order chi connectivity index (χ0) is 22.2. The molecule has 0 aromatic heterocycles. The van der Waals surface area contributed by atoms with Gasteiger partial charge >= 0.3 is 5.97 Å². The molecule has 162 valence electrons. The molecule has 0 saturated heterocycles. The van der Waals surface area contributed by atoms with Crippen molar-refractivity contribution < 1.29 is 19.0 Å². The summed E-state index contributed by atoms with van der Waals surface area (Å²) < 4.78 is 17.7. The minimum absolute atomic E-state index is 0.323. The van der Waals surface area contributed by atoms with E-state index in [2.05, 4.69) is 40.3 Å². The summed E-state index contributed by atoms with van der Waals surface area (Å²) in [4.78, 5) is 11.8. The van der Waals surface area contributed by atoms with Crippen molar-refractivity contribution in [1.29, 1.82) is 0 Å². The third kappa shape index (κ3) is 6.01. The highest BCUT2D eigenvalue weighted by Gasteiger charge is 2.15. The van der Waals surface area contributed by atoms with E-state index in [9.17, 15) is 4.79 Å². The Kier molecular flexibility index (Phi) is 7.95. The summed E-state index contributed by atoms with van der Waals surface area (Å²) in [6, 6.07) is 19.3. The molecule has 0 aliphatic carbocycles. The number of anilines is 1. The molecule has 1 N–H and O–H groups in total. The first-order valence-corrected chi connectivity index (χ1v) is 10.9. The number of rotatable bonds is 9. The molecule has 0 fully saturated rings. The molecule has 6 heteroatoms. The van der Waals surface area contributed by atoms with Gasteiger partial charge in [0, 0.05) is 22.3 Å². The summed E-state index contributed by atoms with van der Waals surface area (Å²) in [5, 5.41) is 3.38. The molecule has 3 rings (SSSR count). The van der Waals surface area contributed by atoms with Crippen LogP contribution in [0.25, 0.3) is 0 Å². The highest BCUT2D eigenvalue weighted by atomic mass is 79.9. The van der Waals surface area contributed by atoms with Crippen molar-refractivity contribution in [3.05, 3.63) is 87.4 Å². The van der Waals surface area contributed by atoms with Gasteiger partial charge in [-0.2, -0.15) is 0 Å². The monoisotopic (exact) mass is 483 g/mol. The number of carbonyl (C=O) groups is 1. The van der Waals surface area contributed by atoms with Crippen LogP contribution in [0, 0.1) is 6.92 Å². The van der Waals surface area contributed by atoms with Crippen LogP contribution in [0.1, 0.15) is 34.0 Å². The van der Waals surface area contributed by atoms with E-state index in [-0.39, 0.29) is 5.97 Å². The van der Waals surface area contributed by atoms with Gasteiger partial charge in [-0.25, -0.2) is 4.79 Å². The van der Waals surface area contributed by atoms with Crippen LogP contribution in [0.3, 0.4) is 0 Å². The van der Waals surface area contributed by atoms with Crippen LogP contribution >= 0.6 is 15.9 Å². The molecular weight excluding hydrogens is 458 g/mol. The second-order valence-electron chi connectivity index (χ2n) is 6.99. The molecule has 5 nitrogen and oxygen atoms in total. The molecule has 0 heterocycles. The highest BCUT2D eigenvalue weighted by molar-refractivity contribution is 9.10. The standard InChI is InChI=1S/C25H26BrNO4/c1-4-30-25(28)19-8-10-20(11-9-19)27-15-21-22(26)12-13-23(29-3)24(21)31-16-18-7-5-6-17(2)14-18/h5-14,27H,4,15-16H2,1-3H3. The maximum Gasteiger partial charge on any atom is 0.338 e. The van der Waals surface area contributed by atoms with E-state index < -0.39 is 0 Å². The van der Waals surface area contributed by atoms with E-state index in [0.717, 1.165) is 21.3 Å². The molecule has 0 radical (unpaired) electrons. The van der Waals surface area contributed by atoms with Gasteiger partial charge in [0.1, 0.15) is 6.61 Å². The first kappa shape index (κ1) is 22.7. The van der Waals surface area contributed by atoms with Crippen LogP contribution in [-0.2, 0) is 17.9 Å². The number of esters is 1. The van der Waals surface area contributed by atoms with Crippen molar-refractivity contribution in [3.63, 3.8) is 0 Å². The normalized spacial score (nSPS) is 10.5. The van der Waals surface area contributed by atoms with Gasteiger partial charge in [0.15, 0.2) is 11.5 Å². The lowest BCUT2D eigenvalue weighted by molar-refractivity contribution is 0.0526.